The Hall–Kier alpha value is -2.71. The summed E-state index contributed by atoms with van der Waals surface area (Å²) in [7, 11) is -3.58. The van der Waals surface area contributed by atoms with Crippen LogP contribution in [0.4, 0.5) is 11.4 Å². The van der Waals surface area contributed by atoms with Crippen LogP contribution in [0.25, 0.3) is 0 Å². The summed E-state index contributed by atoms with van der Waals surface area (Å²) >= 11 is 0. The van der Waals surface area contributed by atoms with Crippen LogP contribution in [0.15, 0.2) is 47.4 Å². The van der Waals surface area contributed by atoms with E-state index in [2.05, 4.69) is 5.32 Å². The summed E-state index contributed by atoms with van der Waals surface area (Å²) in [6, 6.07) is 12.4. The molecule has 8 heteroatoms. The Bertz CT molecular complexity index is 1140. The highest BCUT2D eigenvalue weighted by Gasteiger charge is 2.29. The third-order valence-electron chi connectivity index (χ3n) is 6.29. The minimum Gasteiger partial charge on any atom is -0.325 e. The maximum atomic E-state index is 13.2. The van der Waals surface area contributed by atoms with Gasteiger partial charge in [0.05, 0.1) is 4.90 Å². The molecule has 1 N–H and O–H groups in total. The van der Waals surface area contributed by atoms with Crippen molar-refractivity contribution in [2.45, 2.75) is 56.8 Å². The van der Waals surface area contributed by atoms with Gasteiger partial charge in [-0.2, -0.15) is 4.31 Å². The summed E-state index contributed by atoms with van der Waals surface area (Å²) < 4.78 is 28.1. The Balaban J connectivity index is 1.57. The molecule has 1 fully saturated rings. The molecule has 4 rings (SSSR count). The average Bonchev–Trinajstić information content (AvgIpc) is 3.14. The minimum atomic E-state index is -3.58. The molecule has 2 aromatic rings. The Morgan fingerprint density at radius 1 is 0.970 bits per heavy atom. The van der Waals surface area contributed by atoms with E-state index in [0.29, 0.717) is 43.7 Å². The molecule has 2 aliphatic heterocycles. The number of nitrogens with one attached hydrogen (secondary N) is 1. The van der Waals surface area contributed by atoms with E-state index < -0.39 is 10.0 Å². The first-order chi connectivity index (χ1) is 15.8. The maximum absolute atomic E-state index is 13.2. The van der Waals surface area contributed by atoms with Crippen molar-refractivity contribution in [3.8, 4) is 0 Å². The molecule has 0 atom stereocenters. The summed E-state index contributed by atoms with van der Waals surface area (Å²) in [4.78, 5) is 27.3. The summed E-state index contributed by atoms with van der Waals surface area (Å²) in [6.45, 7) is 2.92. The molecule has 7 nitrogen and oxygen atoms in total. The number of hydrogen-bond donors (Lipinski definition) is 1. The van der Waals surface area contributed by atoms with Gasteiger partial charge in [0.25, 0.3) is 0 Å². The van der Waals surface area contributed by atoms with E-state index in [0.717, 1.165) is 36.8 Å². The molecule has 0 aliphatic carbocycles. The van der Waals surface area contributed by atoms with Crippen LogP contribution >= 0.6 is 0 Å². The highest BCUT2D eigenvalue weighted by molar-refractivity contribution is 7.89. The van der Waals surface area contributed by atoms with Gasteiger partial charge in [0.2, 0.25) is 21.8 Å². The van der Waals surface area contributed by atoms with Crippen LogP contribution in [0.2, 0.25) is 0 Å². The third-order valence-corrected chi connectivity index (χ3v) is 8.18. The lowest BCUT2D eigenvalue weighted by molar-refractivity contribution is -0.121. The van der Waals surface area contributed by atoms with E-state index in [-0.39, 0.29) is 23.3 Å². The van der Waals surface area contributed by atoms with Gasteiger partial charge in [-0.15, -0.1) is 0 Å². The van der Waals surface area contributed by atoms with Gasteiger partial charge in [0.15, 0.2) is 0 Å². The summed E-state index contributed by atoms with van der Waals surface area (Å²) in [5.41, 5.74) is 3.12. The number of fused-ring (bicyclic) bond motifs is 1. The first-order valence-electron chi connectivity index (χ1n) is 11.6. The number of aryl methyl sites for hydroxylation is 2. The van der Waals surface area contributed by atoms with Crippen molar-refractivity contribution in [2.24, 2.45) is 0 Å². The molecule has 0 bridgehead atoms. The molecule has 1 saturated heterocycles. The van der Waals surface area contributed by atoms with Crippen LogP contribution in [-0.2, 0) is 26.0 Å². The summed E-state index contributed by atoms with van der Waals surface area (Å²) in [6.07, 6.45) is 5.40. The molecular formula is C25H31N3O4S. The predicted molar refractivity (Wildman–Crippen MR) is 129 cm³/mol. The van der Waals surface area contributed by atoms with Gasteiger partial charge in [0, 0.05) is 30.9 Å². The zero-order valence-electron chi connectivity index (χ0n) is 19.0. The Morgan fingerprint density at radius 2 is 1.73 bits per heavy atom. The molecule has 176 valence electrons. The molecule has 2 heterocycles. The van der Waals surface area contributed by atoms with Crippen molar-refractivity contribution in [3.63, 3.8) is 0 Å². The van der Waals surface area contributed by atoms with Gasteiger partial charge in [-0.25, -0.2) is 8.42 Å². The van der Waals surface area contributed by atoms with E-state index in [9.17, 15) is 18.0 Å². The zero-order valence-corrected chi connectivity index (χ0v) is 19.9. The largest absolute Gasteiger partial charge is 0.325 e. The Kier molecular flexibility index (Phi) is 7.14. The quantitative estimate of drug-likeness (QED) is 0.720. The number of benzene rings is 2. The molecule has 2 aromatic carbocycles. The topological polar surface area (TPSA) is 86.8 Å². The number of nitrogens with zero attached hydrogens (tertiary/aromatic N) is 2. The predicted octanol–water partition coefficient (Wildman–Crippen LogP) is 3.87. The maximum Gasteiger partial charge on any atom is 0.244 e. The van der Waals surface area contributed by atoms with Crippen molar-refractivity contribution in [1.82, 2.24) is 4.31 Å². The van der Waals surface area contributed by atoms with Crippen LogP contribution < -0.4 is 10.2 Å². The molecule has 0 spiro atoms. The number of anilines is 2. The van der Waals surface area contributed by atoms with Gasteiger partial charge in [0.1, 0.15) is 6.54 Å². The fraction of sp³-hybridized carbons (Fsp3) is 0.440. The number of carbonyl (C=O) groups excluding carboxylic acids is 2. The van der Waals surface area contributed by atoms with Crippen molar-refractivity contribution < 1.29 is 18.0 Å². The first kappa shape index (κ1) is 23.4. The SMILES string of the molecule is Cc1cccc(NC(=O)CN2C(=O)CCCc3cc(S(=O)(=O)N4CCCCCC4)ccc32)c1. The zero-order chi connectivity index (χ0) is 23.4. The molecule has 0 unspecified atom stereocenters. The normalized spacial score (nSPS) is 17.7. The standard InChI is InChI=1S/C25H31N3O4S/c1-19-8-6-10-21(16-19)26-24(29)18-28-23-13-12-22(17-20(23)9-7-11-25(28)30)33(31,32)27-14-4-2-3-5-15-27/h6,8,10,12-13,16-17H,2-5,7,9,11,14-15,18H2,1H3,(H,26,29). The molecule has 0 aromatic heterocycles. The molecule has 0 saturated carbocycles. The smallest absolute Gasteiger partial charge is 0.244 e. The van der Waals surface area contributed by atoms with Crippen molar-refractivity contribution in [3.05, 3.63) is 53.6 Å². The van der Waals surface area contributed by atoms with Gasteiger partial charge in [-0.3, -0.25) is 9.59 Å². The Morgan fingerprint density at radius 3 is 2.45 bits per heavy atom. The van der Waals surface area contributed by atoms with E-state index in [4.69, 9.17) is 0 Å². The third kappa shape index (κ3) is 5.45. The van der Waals surface area contributed by atoms with Gasteiger partial charge in [-0.1, -0.05) is 25.0 Å². The van der Waals surface area contributed by atoms with E-state index in [1.54, 1.807) is 22.5 Å². The monoisotopic (exact) mass is 469 g/mol. The lowest BCUT2D eigenvalue weighted by atomic mass is 10.1. The summed E-state index contributed by atoms with van der Waals surface area (Å²) in [5, 5.41) is 2.85. The number of amides is 2. The van der Waals surface area contributed by atoms with Crippen LogP contribution in [0, 0.1) is 6.92 Å². The van der Waals surface area contributed by atoms with Gasteiger partial charge < -0.3 is 10.2 Å². The lowest BCUT2D eigenvalue weighted by Gasteiger charge is -2.24. The molecule has 33 heavy (non-hydrogen) atoms. The molecule has 0 radical (unpaired) electrons. The van der Waals surface area contributed by atoms with Crippen LogP contribution in [0.5, 0.6) is 0 Å². The van der Waals surface area contributed by atoms with Crippen LogP contribution in [-0.4, -0.2) is 44.2 Å². The van der Waals surface area contributed by atoms with E-state index in [1.807, 2.05) is 31.2 Å². The molecule has 2 amide bonds. The second kappa shape index (κ2) is 10.1. The highest BCUT2D eigenvalue weighted by atomic mass is 32.2. The lowest BCUT2D eigenvalue weighted by Crippen LogP contribution is -2.38. The van der Waals surface area contributed by atoms with Crippen molar-refractivity contribution >= 4 is 33.2 Å². The Labute approximate surface area is 195 Å². The fourth-order valence-electron chi connectivity index (χ4n) is 4.56. The average molecular weight is 470 g/mol. The molecule has 2 aliphatic rings. The second-order valence-corrected chi connectivity index (χ2v) is 10.8. The van der Waals surface area contributed by atoms with Crippen molar-refractivity contribution in [1.29, 1.82) is 0 Å². The fourth-order valence-corrected chi connectivity index (χ4v) is 6.12. The summed E-state index contributed by atoms with van der Waals surface area (Å²) in [5.74, 6) is -0.417. The van der Waals surface area contributed by atoms with Gasteiger partial charge >= 0.3 is 0 Å². The van der Waals surface area contributed by atoms with E-state index >= 15 is 0 Å². The van der Waals surface area contributed by atoms with Crippen LogP contribution in [0.1, 0.15) is 49.7 Å². The number of carbonyl (C=O) groups is 2. The minimum absolute atomic E-state index is 0.113. The second-order valence-electron chi connectivity index (χ2n) is 8.86. The molecular weight excluding hydrogens is 438 g/mol. The highest BCUT2D eigenvalue weighted by Crippen LogP contribution is 2.31. The number of hydrogen-bond acceptors (Lipinski definition) is 4. The van der Waals surface area contributed by atoms with Crippen molar-refractivity contribution in [2.75, 3.05) is 29.9 Å². The number of rotatable bonds is 5. The first-order valence-corrected chi connectivity index (χ1v) is 13.1. The van der Waals surface area contributed by atoms with Crippen LogP contribution in [0.3, 0.4) is 0 Å². The van der Waals surface area contributed by atoms with Gasteiger partial charge in [-0.05, 0) is 74.1 Å². The van der Waals surface area contributed by atoms with E-state index in [1.165, 1.54) is 4.90 Å². The number of sulfonamides is 1.